The molecule has 0 heterocycles. The number of halogens is 1. The van der Waals surface area contributed by atoms with E-state index in [1.807, 2.05) is 6.07 Å². The Hall–Kier alpha value is -1.10. The summed E-state index contributed by atoms with van der Waals surface area (Å²) in [4.78, 5) is 10.8. The minimum Gasteiger partial charge on any atom is -0.381 e. The van der Waals surface area contributed by atoms with Crippen molar-refractivity contribution in [3.63, 3.8) is 0 Å². The Morgan fingerprint density at radius 3 is 2.67 bits per heavy atom. The number of benzene rings is 1. The second kappa shape index (κ2) is 5.95. The van der Waals surface area contributed by atoms with Crippen LogP contribution in [0.5, 0.6) is 0 Å². The van der Waals surface area contributed by atoms with Gasteiger partial charge in [-0.3, -0.25) is 10.1 Å². The van der Waals surface area contributed by atoms with E-state index in [4.69, 9.17) is 0 Å². The highest BCUT2D eigenvalue weighted by Gasteiger charge is 2.32. The lowest BCUT2D eigenvalue weighted by atomic mass is 9.70. The molecule has 2 atom stereocenters. The molecule has 4 nitrogen and oxygen atoms in total. The van der Waals surface area contributed by atoms with Crippen molar-refractivity contribution in [1.29, 1.82) is 0 Å². The molecule has 2 unspecified atom stereocenters. The van der Waals surface area contributed by atoms with Crippen LogP contribution in [0.2, 0.25) is 0 Å². The maximum Gasteiger partial charge on any atom is 0.274 e. The zero-order chi connectivity index (χ0) is 15.8. The zero-order valence-corrected chi connectivity index (χ0v) is 14.7. The molecule has 1 aromatic carbocycles. The Morgan fingerprint density at radius 1 is 1.43 bits per heavy atom. The lowest BCUT2D eigenvalue weighted by molar-refractivity contribution is -0.385. The highest BCUT2D eigenvalue weighted by Crippen LogP contribution is 2.40. The van der Waals surface area contributed by atoms with Crippen molar-refractivity contribution in [1.82, 2.24) is 0 Å². The van der Waals surface area contributed by atoms with E-state index >= 15 is 0 Å². The predicted molar refractivity (Wildman–Crippen MR) is 89.7 cm³/mol. The second-order valence-corrected chi connectivity index (χ2v) is 7.87. The summed E-state index contributed by atoms with van der Waals surface area (Å²) in [5.41, 5.74) is 2.07. The van der Waals surface area contributed by atoms with Gasteiger partial charge in [0.1, 0.15) is 0 Å². The van der Waals surface area contributed by atoms with Crippen LogP contribution in [0.1, 0.15) is 45.6 Å². The van der Waals surface area contributed by atoms with E-state index in [9.17, 15) is 10.1 Å². The number of hydrogen-bond acceptors (Lipinski definition) is 3. The molecule has 2 rings (SSSR count). The van der Waals surface area contributed by atoms with Gasteiger partial charge in [-0.1, -0.05) is 20.8 Å². The maximum absolute atomic E-state index is 11.1. The summed E-state index contributed by atoms with van der Waals surface area (Å²) in [6, 6.07) is 3.83. The fourth-order valence-corrected chi connectivity index (χ4v) is 3.90. The summed E-state index contributed by atoms with van der Waals surface area (Å²) >= 11 is 3.51. The van der Waals surface area contributed by atoms with Gasteiger partial charge in [-0.15, -0.1) is 0 Å². The third-order valence-electron chi connectivity index (χ3n) is 4.52. The van der Waals surface area contributed by atoms with Crippen molar-refractivity contribution in [2.75, 3.05) is 5.32 Å². The lowest BCUT2D eigenvalue weighted by Gasteiger charge is -2.40. The molecule has 0 amide bonds. The molecule has 5 heteroatoms. The third-order valence-corrected chi connectivity index (χ3v) is 5.17. The standard InChI is InChI=1S/C16H23BrN2O2/c1-10-7-12(17)14(8-15(10)19(20)21)18-13-5-6-16(3,4)9-11(13)2/h7-8,11,13,18H,5-6,9H2,1-4H3. The highest BCUT2D eigenvalue weighted by atomic mass is 79.9. The number of nitrogens with zero attached hydrogens (tertiary/aromatic N) is 1. The van der Waals surface area contributed by atoms with Gasteiger partial charge >= 0.3 is 0 Å². The van der Waals surface area contributed by atoms with E-state index in [-0.39, 0.29) is 10.6 Å². The second-order valence-electron chi connectivity index (χ2n) is 7.01. The Balaban J connectivity index is 2.20. The molecular formula is C16H23BrN2O2. The molecule has 0 radical (unpaired) electrons. The van der Waals surface area contributed by atoms with E-state index in [0.29, 0.717) is 22.9 Å². The summed E-state index contributed by atoms with van der Waals surface area (Å²) in [5.74, 6) is 0.556. The van der Waals surface area contributed by atoms with Gasteiger partial charge in [0.25, 0.3) is 5.69 Å². The smallest absolute Gasteiger partial charge is 0.274 e. The van der Waals surface area contributed by atoms with E-state index in [1.165, 1.54) is 12.8 Å². The van der Waals surface area contributed by atoms with Crippen LogP contribution in [0, 0.1) is 28.4 Å². The molecule has 0 aliphatic heterocycles. The van der Waals surface area contributed by atoms with E-state index in [0.717, 1.165) is 16.6 Å². The summed E-state index contributed by atoms with van der Waals surface area (Å²) in [6.07, 6.45) is 3.46. The van der Waals surface area contributed by atoms with Gasteiger partial charge in [0.05, 0.1) is 10.6 Å². The molecule has 1 aliphatic carbocycles. The first-order chi connectivity index (χ1) is 9.69. The summed E-state index contributed by atoms with van der Waals surface area (Å²) in [6.45, 7) is 8.65. The minimum atomic E-state index is -0.319. The number of rotatable bonds is 3. The lowest BCUT2D eigenvalue weighted by Crippen LogP contribution is -2.36. The molecule has 1 N–H and O–H groups in total. The van der Waals surface area contributed by atoms with Crippen molar-refractivity contribution in [2.24, 2.45) is 11.3 Å². The Labute approximate surface area is 134 Å². The van der Waals surface area contributed by atoms with Gasteiger partial charge in [-0.25, -0.2) is 0 Å². The monoisotopic (exact) mass is 354 g/mol. The number of nitro benzene ring substituents is 1. The molecule has 1 saturated carbocycles. The van der Waals surface area contributed by atoms with Gasteiger partial charge in [0.2, 0.25) is 0 Å². The first-order valence-corrected chi connectivity index (χ1v) is 8.20. The molecule has 0 spiro atoms. The fourth-order valence-electron chi connectivity index (χ4n) is 3.33. The molecule has 1 aromatic rings. The number of nitrogens with one attached hydrogen (secondary N) is 1. The van der Waals surface area contributed by atoms with Crippen molar-refractivity contribution < 1.29 is 4.92 Å². The molecule has 21 heavy (non-hydrogen) atoms. The van der Waals surface area contributed by atoms with Crippen LogP contribution >= 0.6 is 15.9 Å². The number of hydrogen-bond donors (Lipinski definition) is 1. The van der Waals surface area contributed by atoms with Crippen molar-refractivity contribution in [2.45, 2.75) is 53.0 Å². The molecule has 116 valence electrons. The molecule has 1 fully saturated rings. The largest absolute Gasteiger partial charge is 0.381 e. The van der Waals surface area contributed by atoms with Crippen molar-refractivity contribution in [3.05, 3.63) is 32.3 Å². The molecule has 0 saturated heterocycles. The van der Waals surface area contributed by atoms with Crippen molar-refractivity contribution >= 4 is 27.3 Å². The number of nitro groups is 1. The van der Waals surface area contributed by atoms with Gasteiger partial charge in [-0.05, 0) is 59.5 Å². The predicted octanol–water partition coefficient (Wildman–Crippen LogP) is 5.29. The van der Waals surface area contributed by atoms with Crippen LogP contribution in [-0.2, 0) is 0 Å². The number of anilines is 1. The molecule has 0 aromatic heterocycles. The van der Waals surface area contributed by atoms with Crippen LogP contribution in [0.4, 0.5) is 11.4 Å². The van der Waals surface area contributed by atoms with Gasteiger partial charge in [-0.2, -0.15) is 0 Å². The molecule has 1 aliphatic rings. The van der Waals surface area contributed by atoms with E-state index < -0.39 is 0 Å². The van der Waals surface area contributed by atoms with Crippen LogP contribution in [0.25, 0.3) is 0 Å². The number of aryl methyl sites for hydroxylation is 1. The average Bonchev–Trinajstić information content (AvgIpc) is 2.34. The Kier molecular flexibility index (Phi) is 4.61. The fraction of sp³-hybridized carbons (Fsp3) is 0.625. The van der Waals surface area contributed by atoms with Gasteiger partial charge in [0.15, 0.2) is 0 Å². The van der Waals surface area contributed by atoms with Crippen LogP contribution in [-0.4, -0.2) is 11.0 Å². The van der Waals surface area contributed by atoms with Gasteiger partial charge < -0.3 is 5.32 Å². The summed E-state index contributed by atoms with van der Waals surface area (Å²) in [5, 5.41) is 14.6. The Morgan fingerprint density at radius 2 is 2.10 bits per heavy atom. The van der Waals surface area contributed by atoms with Gasteiger partial charge in [0, 0.05) is 22.1 Å². The molecular weight excluding hydrogens is 332 g/mol. The maximum atomic E-state index is 11.1. The average molecular weight is 355 g/mol. The normalized spacial score (nSPS) is 24.6. The van der Waals surface area contributed by atoms with Crippen LogP contribution in [0.15, 0.2) is 16.6 Å². The Bertz CT molecular complexity index is 557. The third kappa shape index (κ3) is 3.76. The van der Waals surface area contributed by atoms with Crippen molar-refractivity contribution in [3.8, 4) is 0 Å². The zero-order valence-electron chi connectivity index (χ0n) is 13.1. The first kappa shape index (κ1) is 16.3. The topological polar surface area (TPSA) is 55.2 Å². The van der Waals surface area contributed by atoms with Crippen LogP contribution in [0.3, 0.4) is 0 Å². The summed E-state index contributed by atoms with van der Waals surface area (Å²) in [7, 11) is 0. The van der Waals surface area contributed by atoms with E-state index in [2.05, 4.69) is 42.0 Å². The highest BCUT2D eigenvalue weighted by molar-refractivity contribution is 9.10. The SMILES string of the molecule is Cc1cc(Br)c(NC2CCC(C)(C)CC2C)cc1[N+](=O)[O-]. The van der Waals surface area contributed by atoms with Crippen LogP contribution < -0.4 is 5.32 Å². The van der Waals surface area contributed by atoms with E-state index in [1.54, 1.807) is 13.0 Å². The minimum absolute atomic E-state index is 0.171. The quantitative estimate of drug-likeness (QED) is 0.592. The molecule has 0 bridgehead atoms. The summed E-state index contributed by atoms with van der Waals surface area (Å²) < 4.78 is 0.891. The first-order valence-electron chi connectivity index (χ1n) is 7.41.